The van der Waals surface area contributed by atoms with Crippen molar-refractivity contribution in [2.75, 3.05) is 5.73 Å². The monoisotopic (exact) mass is 465 g/mol. The predicted molar refractivity (Wildman–Crippen MR) is 127 cm³/mol. The molecule has 5 aromatic rings. The van der Waals surface area contributed by atoms with Crippen LogP contribution in [0.4, 0.5) is 5.95 Å². The number of ether oxygens (including phenoxy) is 1. The number of nitrogen functional groups attached to an aromatic ring is 1. The van der Waals surface area contributed by atoms with Crippen molar-refractivity contribution in [1.29, 1.82) is 5.26 Å². The van der Waals surface area contributed by atoms with E-state index in [1.165, 1.54) is 15.3 Å². The minimum Gasteiger partial charge on any atom is -0.456 e. The van der Waals surface area contributed by atoms with Gasteiger partial charge in [0.15, 0.2) is 5.65 Å². The predicted octanol–water partition coefficient (Wildman–Crippen LogP) is 2.29. The van der Waals surface area contributed by atoms with Gasteiger partial charge in [-0.15, -0.1) is 5.10 Å². The number of benzene rings is 1. The summed E-state index contributed by atoms with van der Waals surface area (Å²) in [4.78, 5) is 25.5. The number of anilines is 1. The van der Waals surface area contributed by atoms with E-state index in [0.717, 1.165) is 11.4 Å². The Labute approximate surface area is 199 Å². The second kappa shape index (κ2) is 8.68. The minimum absolute atomic E-state index is 0.0485. The van der Waals surface area contributed by atoms with E-state index >= 15 is 0 Å². The molecule has 4 aromatic heterocycles. The summed E-state index contributed by atoms with van der Waals surface area (Å²) in [6.07, 6.45) is 0. The maximum atomic E-state index is 12.0. The van der Waals surface area contributed by atoms with Crippen molar-refractivity contribution in [2.24, 2.45) is 7.05 Å². The van der Waals surface area contributed by atoms with Crippen molar-refractivity contribution in [3.63, 3.8) is 0 Å². The molecule has 0 aliphatic heterocycles. The van der Waals surface area contributed by atoms with Crippen LogP contribution in [0, 0.1) is 18.3 Å². The molecule has 172 valence electrons. The summed E-state index contributed by atoms with van der Waals surface area (Å²) >= 11 is 0. The fraction of sp³-hybridized carbons (Fsp3) is 0.125. The molecular weight excluding hydrogens is 446 g/mol. The molecule has 0 amide bonds. The van der Waals surface area contributed by atoms with Crippen LogP contribution in [-0.4, -0.2) is 34.3 Å². The molecule has 4 heterocycles. The Morgan fingerprint density at radius 1 is 1.03 bits per heavy atom. The van der Waals surface area contributed by atoms with E-state index in [4.69, 9.17) is 10.5 Å². The first kappa shape index (κ1) is 21.7. The summed E-state index contributed by atoms with van der Waals surface area (Å²) in [5, 5.41) is 18.4. The van der Waals surface area contributed by atoms with Crippen molar-refractivity contribution in [3.05, 3.63) is 81.9 Å². The van der Waals surface area contributed by atoms with Crippen molar-refractivity contribution < 1.29 is 4.74 Å². The van der Waals surface area contributed by atoms with E-state index in [1.807, 2.05) is 25.1 Å². The second-order valence-electron chi connectivity index (χ2n) is 7.72. The highest BCUT2D eigenvalue weighted by Crippen LogP contribution is 2.35. The molecule has 5 rings (SSSR count). The van der Waals surface area contributed by atoms with E-state index < -0.39 is 0 Å². The molecule has 35 heavy (non-hydrogen) atoms. The highest BCUT2D eigenvalue weighted by atomic mass is 16.5. The molecule has 11 nitrogen and oxygen atoms in total. The largest absolute Gasteiger partial charge is 0.456 e. The third kappa shape index (κ3) is 4.04. The van der Waals surface area contributed by atoms with Crippen molar-refractivity contribution in [2.45, 2.75) is 13.5 Å². The van der Waals surface area contributed by atoms with Crippen LogP contribution in [0.25, 0.3) is 28.2 Å². The van der Waals surface area contributed by atoms with Crippen LogP contribution in [0.15, 0.2) is 59.4 Å². The number of aromatic nitrogens is 7. The normalized spacial score (nSPS) is 10.9. The van der Waals surface area contributed by atoms with Crippen molar-refractivity contribution >= 4 is 11.6 Å². The van der Waals surface area contributed by atoms with Crippen LogP contribution in [0.1, 0.15) is 17.0 Å². The number of nitriles is 1. The van der Waals surface area contributed by atoms with Gasteiger partial charge in [-0.25, -0.2) is 9.67 Å². The lowest BCUT2D eigenvalue weighted by Gasteiger charge is -2.12. The highest BCUT2D eigenvalue weighted by Gasteiger charge is 2.23. The quantitative estimate of drug-likeness (QED) is 0.412. The Hall–Kier alpha value is -5.11. The fourth-order valence-corrected chi connectivity index (χ4v) is 3.67. The Kier molecular flexibility index (Phi) is 5.39. The first-order valence-electron chi connectivity index (χ1n) is 10.6. The van der Waals surface area contributed by atoms with E-state index in [2.05, 4.69) is 31.2 Å². The molecule has 0 fully saturated rings. The molecule has 0 atom stereocenters. The number of rotatable bonds is 5. The van der Waals surface area contributed by atoms with Crippen molar-refractivity contribution in [3.8, 4) is 34.6 Å². The third-order valence-electron chi connectivity index (χ3n) is 5.31. The van der Waals surface area contributed by atoms with Crippen LogP contribution < -0.4 is 16.0 Å². The molecule has 0 aliphatic carbocycles. The molecule has 0 saturated carbocycles. The minimum atomic E-state index is -0.275. The van der Waals surface area contributed by atoms with Gasteiger partial charge in [-0.2, -0.15) is 19.9 Å². The van der Waals surface area contributed by atoms with E-state index in [1.54, 1.807) is 37.4 Å². The number of hydrogen-bond donors (Lipinski definition) is 1. The number of fused-ring (bicyclic) bond motifs is 1. The highest BCUT2D eigenvalue weighted by molar-refractivity contribution is 5.90. The lowest BCUT2D eigenvalue weighted by Crippen LogP contribution is -2.18. The van der Waals surface area contributed by atoms with Gasteiger partial charge in [-0.1, -0.05) is 24.3 Å². The van der Waals surface area contributed by atoms with E-state index in [-0.39, 0.29) is 24.1 Å². The van der Waals surface area contributed by atoms with Crippen LogP contribution in [0.2, 0.25) is 0 Å². The summed E-state index contributed by atoms with van der Waals surface area (Å²) in [6.45, 7) is 2.05. The molecule has 0 spiro atoms. The van der Waals surface area contributed by atoms with Crippen LogP contribution in [0.5, 0.6) is 6.01 Å². The average molecular weight is 465 g/mol. The Balaban J connectivity index is 1.71. The number of aryl methyl sites for hydroxylation is 2. The van der Waals surface area contributed by atoms with Gasteiger partial charge in [-0.3, -0.25) is 9.78 Å². The molecule has 1 aromatic carbocycles. The zero-order chi connectivity index (χ0) is 24.5. The SMILES string of the molecule is Cc1cccc(COc2nc3c(-c4ccc(=O)n(C)n4)c(-c4ccccc4C#N)nc(N)n3n2)n1. The molecule has 2 N–H and O–H groups in total. The zero-order valence-corrected chi connectivity index (χ0v) is 18.9. The van der Waals surface area contributed by atoms with E-state index in [0.29, 0.717) is 33.7 Å². The average Bonchev–Trinajstić information content (AvgIpc) is 3.29. The molecule has 0 unspecified atom stereocenters. The van der Waals surface area contributed by atoms with Crippen molar-refractivity contribution in [1.82, 2.24) is 34.3 Å². The maximum absolute atomic E-state index is 12.0. The lowest BCUT2D eigenvalue weighted by atomic mass is 9.99. The van der Waals surface area contributed by atoms with Crippen LogP contribution >= 0.6 is 0 Å². The first-order valence-corrected chi connectivity index (χ1v) is 10.6. The first-order chi connectivity index (χ1) is 16.9. The summed E-state index contributed by atoms with van der Waals surface area (Å²) in [5.41, 5.74) is 10.1. The van der Waals surface area contributed by atoms with Gasteiger partial charge < -0.3 is 10.5 Å². The summed E-state index contributed by atoms with van der Waals surface area (Å²) in [5.74, 6) is 0.0485. The summed E-state index contributed by atoms with van der Waals surface area (Å²) < 4.78 is 8.35. The number of nitrogens with zero attached hydrogens (tertiary/aromatic N) is 8. The van der Waals surface area contributed by atoms with E-state index in [9.17, 15) is 10.1 Å². The van der Waals surface area contributed by atoms with Gasteiger partial charge in [0.2, 0.25) is 5.95 Å². The van der Waals surface area contributed by atoms with Gasteiger partial charge in [0.05, 0.1) is 34.3 Å². The standard InChI is InChI=1S/C24H19N9O2/c1-14-6-5-8-16(27-14)13-35-24-29-22-20(18-10-11-19(34)32(2)30-18)21(28-23(26)33(22)31-24)17-9-4-3-7-15(17)12-25/h3-11H,13H2,1-2H3,(H2,26,28). The molecule has 0 saturated heterocycles. The Morgan fingerprint density at radius 2 is 1.86 bits per heavy atom. The van der Waals surface area contributed by atoms with Crippen LogP contribution in [0.3, 0.4) is 0 Å². The second-order valence-corrected chi connectivity index (χ2v) is 7.72. The third-order valence-corrected chi connectivity index (χ3v) is 5.31. The number of hydrogen-bond acceptors (Lipinski definition) is 9. The zero-order valence-electron chi connectivity index (χ0n) is 18.9. The smallest absolute Gasteiger partial charge is 0.336 e. The number of pyridine rings is 1. The van der Waals surface area contributed by atoms with Gasteiger partial charge in [0, 0.05) is 24.4 Å². The molecule has 11 heteroatoms. The van der Waals surface area contributed by atoms with Gasteiger partial charge in [-0.05, 0) is 31.2 Å². The van der Waals surface area contributed by atoms with Crippen LogP contribution in [-0.2, 0) is 13.7 Å². The summed E-state index contributed by atoms with van der Waals surface area (Å²) in [6, 6.07) is 17.8. The molecule has 0 aliphatic rings. The maximum Gasteiger partial charge on any atom is 0.336 e. The summed E-state index contributed by atoms with van der Waals surface area (Å²) in [7, 11) is 1.55. The Bertz CT molecular complexity index is 1680. The molecule has 0 bridgehead atoms. The topological polar surface area (TPSA) is 150 Å². The molecule has 0 radical (unpaired) electrons. The van der Waals surface area contributed by atoms with Gasteiger partial charge >= 0.3 is 6.01 Å². The lowest BCUT2D eigenvalue weighted by molar-refractivity contribution is 0.277. The molecular formula is C24H19N9O2. The van der Waals surface area contributed by atoms with Gasteiger partial charge in [0.25, 0.3) is 5.56 Å². The van der Waals surface area contributed by atoms with Gasteiger partial charge in [0.1, 0.15) is 6.61 Å². The number of nitrogens with two attached hydrogens (primary N) is 1. The fourth-order valence-electron chi connectivity index (χ4n) is 3.67. The Morgan fingerprint density at radius 3 is 2.63 bits per heavy atom.